The minimum Gasteiger partial charge on any atom is -0.481 e. The van der Waals surface area contributed by atoms with Crippen molar-refractivity contribution in [2.45, 2.75) is 0 Å². The molecule has 1 heterocycles. The van der Waals surface area contributed by atoms with Crippen LogP contribution in [0.2, 0.25) is 0 Å². The van der Waals surface area contributed by atoms with Crippen LogP contribution in [-0.2, 0) is 4.74 Å². The van der Waals surface area contributed by atoms with Crippen molar-refractivity contribution in [2.24, 2.45) is 0 Å². The van der Waals surface area contributed by atoms with Crippen LogP contribution in [-0.4, -0.2) is 7.11 Å². The highest BCUT2D eigenvalue weighted by atomic mass is 16.5. The van der Waals surface area contributed by atoms with Crippen molar-refractivity contribution in [2.75, 3.05) is 7.11 Å². The van der Waals surface area contributed by atoms with Gasteiger partial charge in [-0.2, -0.15) is 0 Å². The van der Waals surface area contributed by atoms with E-state index in [4.69, 9.17) is 4.74 Å². The molecule has 0 saturated heterocycles. The van der Waals surface area contributed by atoms with Crippen molar-refractivity contribution in [3.05, 3.63) is 24.5 Å². The van der Waals surface area contributed by atoms with Crippen molar-refractivity contribution in [3.8, 4) is 0 Å². The van der Waals surface area contributed by atoms with E-state index in [-0.39, 0.29) is 0 Å². The quantitative estimate of drug-likeness (QED) is 0.504. The summed E-state index contributed by atoms with van der Waals surface area (Å²) < 4.78 is 4.83. The predicted octanol–water partition coefficient (Wildman–Crippen LogP) is 0.0957. The molecule has 1 aliphatic rings. The fourth-order valence-corrected chi connectivity index (χ4v) is 0.455. The number of ether oxygens (including phenoxy) is 1. The molecule has 0 aromatic carbocycles. The van der Waals surface area contributed by atoms with Crippen LogP contribution in [0.25, 0.3) is 0 Å². The Bertz CT molecular complexity index is 128. The molecule has 0 aliphatic carbocycles. The molecule has 3 heteroatoms. The molecule has 1 rings (SSSR count). The first kappa shape index (κ1) is 5.03. The second kappa shape index (κ2) is 2.26. The Balaban J connectivity index is 2.43. The van der Waals surface area contributed by atoms with E-state index in [9.17, 15) is 0 Å². The van der Waals surface area contributed by atoms with Gasteiger partial charge < -0.3 is 15.4 Å². The third kappa shape index (κ3) is 0.932. The normalized spacial score (nSPS) is 15.9. The monoisotopic (exact) mass is 112 g/mol. The van der Waals surface area contributed by atoms with E-state index in [1.807, 2.05) is 0 Å². The average Bonchev–Trinajstić information content (AvgIpc) is 1.90. The lowest BCUT2D eigenvalue weighted by atomic mass is 10.6. The zero-order valence-corrected chi connectivity index (χ0v) is 4.64. The number of nitrogens with one attached hydrogen (secondary N) is 2. The van der Waals surface area contributed by atoms with Gasteiger partial charge in [0.1, 0.15) is 0 Å². The zero-order valence-electron chi connectivity index (χ0n) is 4.64. The van der Waals surface area contributed by atoms with E-state index < -0.39 is 0 Å². The third-order valence-electron chi connectivity index (χ3n) is 0.839. The van der Waals surface area contributed by atoms with Crippen LogP contribution in [0.1, 0.15) is 0 Å². The van der Waals surface area contributed by atoms with Gasteiger partial charge in [0.25, 0.3) is 0 Å². The van der Waals surface area contributed by atoms with Crippen molar-refractivity contribution >= 4 is 0 Å². The maximum absolute atomic E-state index is 4.83. The highest BCUT2D eigenvalue weighted by Crippen LogP contribution is 1.89. The molecule has 0 aromatic rings. The summed E-state index contributed by atoms with van der Waals surface area (Å²) in [7, 11) is 1.61. The highest BCUT2D eigenvalue weighted by molar-refractivity contribution is 5.01. The predicted molar refractivity (Wildman–Crippen MR) is 30.5 cm³/mol. The molecule has 1 aliphatic heterocycles. The summed E-state index contributed by atoms with van der Waals surface area (Å²) in [6, 6.07) is 0. The zero-order chi connectivity index (χ0) is 5.82. The third-order valence-corrected chi connectivity index (χ3v) is 0.839. The Kier molecular flexibility index (Phi) is 1.42. The SMILES string of the molecule is COC1=CNC=CN1. The summed E-state index contributed by atoms with van der Waals surface area (Å²) in [5.41, 5.74) is 0. The summed E-state index contributed by atoms with van der Waals surface area (Å²) in [5.74, 6) is 0.729. The fraction of sp³-hybridized carbons (Fsp3) is 0.200. The second-order valence-electron chi connectivity index (χ2n) is 1.36. The van der Waals surface area contributed by atoms with Crippen molar-refractivity contribution in [1.82, 2.24) is 10.6 Å². The van der Waals surface area contributed by atoms with Gasteiger partial charge in [-0.3, -0.25) is 0 Å². The van der Waals surface area contributed by atoms with Gasteiger partial charge in [-0.25, -0.2) is 0 Å². The van der Waals surface area contributed by atoms with Gasteiger partial charge in [0, 0.05) is 12.4 Å². The summed E-state index contributed by atoms with van der Waals surface area (Å²) in [4.78, 5) is 0. The Labute approximate surface area is 48.0 Å². The number of rotatable bonds is 1. The molecule has 8 heavy (non-hydrogen) atoms. The summed E-state index contributed by atoms with van der Waals surface area (Å²) in [6.45, 7) is 0. The summed E-state index contributed by atoms with van der Waals surface area (Å²) in [6.07, 6.45) is 5.28. The lowest BCUT2D eigenvalue weighted by Gasteiger charge is -2.08. The molecular formula is C5H8N2O. The van der Waals surface area contributed by atoms with Gasteiger partial charge in [0.15, 0.2) is 0 Å². The Hall–Kier alpha value is -1.12. The maximum Gasteiger partial charge on any atom is 0.207 e. The largest absolute Gasteiger partial charge is 0.481 e. The van der Waals surface area contributed by atoms with E-state index >= 15 is 0 Å². The minimum atomic E-state index is 0.729. The van der Waals surface area contributed by atoms with Crippen molar-refractivity contribution < 1.29 is 4.74 Å². The smallest absolute Gasteiger partial charge is 0.207 e. The topological polar surface area (TPSA) is 33.3 Å². The Morgan fingerprint density at radius 1 is 1.50 bits per heavy atom. The lowest BCUT2D eigenvalue weighted by molar-refractivity contribution is 0.268. The highest BCUT2D eigenvalue weighted by Gasteiger charge is 1.91. The van der Waals surface area contributed by atoms with Crippen molar-refractivity contribution in [3.63, 3.8) is 0 Å². The van der Waals surface area contributed by atoms with Gasteiger partial charge in [0.2, 0.25) is 5.88 Å². The standard InChI is InChI=1S/C5H8N2O/c1-8-5-4-6-2-3-7-5/h2-4,6-7H,1H3. The first-order valence-electron chi connectivity index (χ1n) is 2.35. The van der Waals surface area contributed by atoms with E-state index in [2.05, 4.69) is 10.6 Å². The number of hydrogen-bond donors (Lipinski definition) is 2. The number of hydrogen-bond acceptors (Lipinski definition) is 3. The first-order valence-corrected chi connectivity index (χ1v) is 2.35. The molecule has 0 atom stereocenters. The molecular weight excluding hydrogens is 104 g/mol. The van der Waals surface area contributed by atoms with E-state index in [0.717, 1.165) is 5.88 Å². The number of methoxy groups -OCH3 is 1. The van der Waals surface area contributed by atoms with E-state index in [1.165, 1.54) is 0 Å². The molecule has 0 saturated carbocycles. The molecule has 2 N–H and O–H groups in total. The molecule has 44 valence electrons. The van der Waals surface area contributed by atoms with Gasteiger partial charge >= 0.3 is 0 Å². The molecule has 0 spiro atoms. The van der Waals surface area contributed by atoms with Crippen LogP contribution < -0.4 is 10.6 Å². The van der Waals surface area contributed by atoms with Crippen molar-refractivity contribution in [1.29, 1.82) is 0 Å². The maximum atomic E-state index is 4.83. The van der Waals surface area contributed by atoms with Crippen LogP contribution >= 0.6 is 0 Å². The van der Waals surface area contributed by atoms with Crippen LogP contribution in [0.3, 0.4) is 0 Å². The van der Waals surface area contributed by atoms with Crippen LogP contribution in [0.5, 0.6) is 0 Å². The first-order chi connectivity index (χ1) is 3.93. The molecule has 0 aromatic heterocycles. The minimum absolute atomic E-state index is 0.729. The molecule has 0 amide bonds. The lowest BCUT2D eigenvalue weighted by Crippen LogP contribution is -2.15. The molecule has 0 bridgehead atoms. The van der Waals surface area contributed by atoms with E-state index in [0.29, 0.717) is 0 Å². The van der Waals surface area contributed by atoms with Gasteiger partial charge in [-0.1, -0.05) is 0 Å². The van der Waals surface area contributed by atoms with Gasteiger partial charge in [-0.15, -0.1) is 0 Å². The fourth-order valence-electron chi connectivity index (χ4n) is 0.455. The van der Waals surface area contributed by atoms with Gasteiger partial charge in [-0.05, 0) is 0 Å². The van der Waals surface area contributed by atoms with Gasteiger partial charge in [0.05, 0.1) is 13.3 Å². The van der Waals surface area contributed by atoms with Crippen LogP contribution in [0.4, 0.5) is 0 Å². The molecule has 0 fully saturated rings. The average molecular weight is 112 g/mol. The Morgan fingerprint density at radius 3 is 2.75 bits per heavy atom. The molecule has 0 radical (unpaired) electrons. The summed E-state index contributed by atoms with van der Waals surface area (Å²) in [5, 5.41) is 5.72. The molecule has 3 nitrogen and oxygen atoms in total. The van der Waals surface area contributed by atoms with Crippen LogP contribution in [0, 0.1) is 0 Å². The van der Waals surface area contributed by atoms with Crippen LogP contribution in [0.15, 0.2) is 24.5 Å². The second-order valence-corrected chi connectivity index (χ2v) is 1.36. The molecule has 0 unspecified atom stereocenters. The Morgan fingerprint density at radius 2 is 2.38 bits per heavy atom. The summed E-state index contributed by atoms with van der Waals surface area (Å²) >= 11 is 0. The van der Waals surface area contributed by atoms with E-state index in [1.54, 1.807) is 25.7 Å².